The Bertz CT molecular complexity index is 861. The zero-order valence-corrected chi connectivity index (χ0v) is 16.7. The minimum Gasteiger partial charge on any atom is -0.497 e. The lowest BCUT2D eigenvalue weighted by molar-refractivity contribution is 0.0808. The molecule has 1 fully saturated rings. The number of benzene rings is 2. The number of piperidine rings is 1. The molecule has 1 unspecified atom stereocenters. The van der Waals surface area contributed by atoms with Crippen LogP contribution in [-0.2, 0) is 6.54 Å². The molecule has 28 heavy (non-hydrogen) atoms. The largest absolute Gasteiger partial charge is 0.497 e. The molecule has 2 aromatic rings. The summed E-state index contributed by atoms with van der Waals surface area (Å²) in [6.45, 7) is 3.98. The summed E-state index contributed by atoms with van der Waals surface area (Å²) >= 11 is 0. The van der Waals surface area contributed by atoms with Gasteiger partial charge in [0.05, 0.1) is 19.8 Å². The fourth-order valence-electron chi connectivity index (χ4n) is 3.78. The third kappa shape index (κ3) is 4.60. The Balaban J connectivity index is 1.72. The smallest absolute Gasteiger partial charge is 0.170 e. The highest BCUT2D eigenvalue weighted by Crippen LogP contribution is 2.30. The fourth-order valence-corrected chi connectivity index (χ4v) is 3.78. The maximum Gasteiger partial charge on any atom is 0.170 e. The molecule has 0 radical (unpaired) electrons. The van der Waals surface area contributed by atoms with Gasteiger partial charge in [0.15, 0.2) is 11.6 Å². The maximum atomic E-state index is 13.1. The van der Waals surface area contributed by atoms with Crippen LogP contribution in [-0.4, -0.2) is 43.8 Å². The van der Waals surface area contributed by atoms with Gasteiger partial charge in [-0.2, -0.15) is 0 Å². The van der Waals surface area contributed by atoms with Gasteiger partial charge in [0, 0.05) is 30.6 Å². The predicted molar refractivity (Wildman–Crippen MR) is 108 cm³/mol. The van der Waals surface area contributed by atoms with Gasteiger partial charge >= 0.3 is 0 Å². The fraction of sp³-hybridized carbons (Fsp3) is 0.391. The molecule has 0 spiro atoms. The van der Waals surface area contributed by atoms with Crippen LogP contribution in [0.2, 0.25) is 0 Å². The average molecular weight is 381 g/mol. The lowest BCUT2D eigenvalue weighted by Gasteiger charge is -2.32. The van der Waals surface area contributed by atoms with Crippen LogP contribution in [0, 0.1) is 5.92 Å². The Morgan fingerprint density at radius 2 is 1.93 bits per heavy atom. The van der Waals surface area contributed by atoms with Crippen molar-refractivity contribution in [2.75, 3.05) is 27.3 Å². The summed E-state index contributed by atoms with van der Waals surface area (Å²) in [5, 5.41) is 0. The minimum absolute atomic E-state index is 0.0629. The monoisotopic (exact) mass is 381 g/mol. The van der Waals surface area contributed by atoms with Crippen molar-refractivity contribution in [1.29, 1.82) is 0 Å². The summed E-state index contributed by atoms with van der Waals surface area (Å²) in [4.78, 5) is 27.0. The third-order valence-electron chi connectivity index (χ3n) is 5.29. The first-order valence-corrected chi connectivity index (χ1v) is 9.60. The molecule has 0 aliphatic carbocycles. The first kappa shape index (κ1) is 20.1. The number of methoxy groups -OCH3 is 2. The van der Waals surface area contributed by atoms with E-state index in [1.807, 2.05) is 24.3 Å². The van der Waals surface area contributed by atoms with Gasteiger partial charge in [-0.25, -0.2) is 0 Å². The molecule has 3 rings (SSSR count). The molecule has 0 saturated carbocycles. The Kier molecular flexibility index (Phi) is 6.47. The van der Waals surface area contributed by atoms with Gasteiger partial charge in [-0.1, -0.05) is 18.2 Å². The van der Waals surface area contributed by atoms with Crippen LogP contribution in [0.4, 0.5) is 0 Å². The number of ether oxygens (including phenoxy) is 2. The number of nitrogens with zero attached hydrogens (tertiary/aromatic N) is 1. The summed E-state index contributed by atoms with van der Waals surface area (Å²) in [6, 6.07) is 13.1. The van der Waals surface area contributed by atoms with Crippen LogP contribution in [0.1, 0.15) is 46.0 Å². The first-order chi connectivity index (χ1) is 13.5. The van der Waals surface area contributed by atoms with E-state index >= 15 is 0 Å². The van der Waals surface area contributed by atoms with Gasteiger partial charge in [-0.05, 0) is 50.1 Å². The molecule has 2 aromatic carbocycles. The van der Waals surface area contributed by atoms with E-state index in [1.165, 1.54) is 0 Å². The molecule has 148 valence electrons. The summed E-state index contributed by atoms with van der Waals surface area (Å²) in [7, 11) is 3.16. The predicted octanol–water partition coefficient (Wildman–Crippen LogP) is 4.00. The molecule has 1 aliphatic rings. The average Bonchev–Trinajstić information content (AvgIpc) is 2.73. The number of hydrogen-bond donors (Lipinski definition) is 0. The summed E-state index contributed by atoms with van der Waals surface area (Å²) in [5.41, 5.74) is 2.43. The van der Waals surface area contributed by atoms with Crippen LogP contribution in [0.3, 0.4) is 0 Å². The molecule has 5 heteroatoms. The van der Waals surface area contributed by atoms with Crippen LogP contribution in [0.15, 0.2) is 42.5 Å². The Labute approximate surface area is 166 Å². The maximum absolute atomic E-state index is 13.1. The summed E-state index contributed by atoms with van der Waals surface area (Å²) in [6.07, 6.45) is 1.85. The molecule has 0 bridgehead atoms. The van der Waals surface area contributed by atoms with Crippen molar-refractivity contribution in [3.05, 3.63) is 59.2 Å². The van der Waals surface area contributed by atoms with E-state index in [-0.39, 0.29) is 17.5 Å². The second kappa shape index (κ2) is 9.02. The quantitative estimate of drug-likeness (QED) is 0.679. The number of rotatable bonds is 7. The third-order valence-corrected chi connectivity index (χ3v) is 5.29. The van der Waals surface area contributed by atoms with E-state index < -0.39 is 0 Å². The standard InChI is InChI=1S/C23H27NO4/c1-16(25)18-7-4-6-17(12-18)14-24-11-5-8-19(15-24)23(26)21-10-9-20(27-2)13-22(21)28-3/h4,6-7,9-10,12-13,19H,5,8,11,14-15H2,1-3H3. The topological polar surface area (TPSA) is 55.8 Å². The van der Waals surface area contributed by atoms with Gasteiger partial charge in [-0.3, -0.25) is 14.5 Å². The molecule has 1 atom stereocenters. The normalized spacial score (nSPS) is 17.2. The summed E-state index contributed by atoms with van der Waals surface area (Å²) in [5.74, 6) is 1.34. The number of likely N-dealkylation sites (tertiary alicyclic amines) is 1. The van der Waals surface area contributed by atoms with Crippen molar-refractivity contribution in [1.82, 2.24) is 4.90 Å². The van der Waals surface area contributed by atoms with Crippen molar-refractivity contribution >= 4 is 11.6 Å². The van der Waals surface area contributed by atoms with Crippen LogP contribution in [0.25, 0.3) is 0 Å². The number of hydrogen-bond acceptors (Lipinski definition) is 5. The number of ketones is 2. The van der Waals surface area contributed by atoms with Gasteiger partial charge in [0.2, 0.25) is 0 Å². The SMILES string of the molecule is COc1ccc(C(=O)C2CCCN(Cc3cccc(C(C)=O)c3)C2)c(OC)c1. The molecule has 0 aromatic heterocycles. The van der Waals surface area contributed by atoms with E-state index in [0.29, 0.717) is 23.6 Å². The zero-order chi connectivity index (χ0) is 20.1. The van der Waals surface area contributed by atoms with E-state index in [1.54, 1.807) is 39.3 Å². The molecular formula is C23H27NO4. The molecule has 1 aliphatic heterocycles. The molecule has 1 heterocycles. The second-order valence-electron chi connectivity index (χ2n) is 7.26. The van der Waals surface area contributed by atoms with Crippen molar-refractivity contribution in [3.63, 3.8) is 0 Å². The number of Topliss-reactive ketones (excluding diaryl/α,β-unsaturated/α-hetero) is 2. The van der Waals surface area contributed by atoms with Crippen LogP contribution in [0.5, 0.6) is 11.5 Å². The highest BCUT2D eigenvalue weighted by atomic mass is 16.5. The van der Waals surface area contributed by atoms with Gasteiger partial charge < -0.3 is 9.47 Å². The molecular weight excluding hydrogens is 354 g/mol. The minimum atomic E-state index is -0.0629. The first-order valence-electron chi connectivity index (χ1n) is 9.60. The summed E-state index contributed by atoms with van der Waals surface area (Å²) < 4.78 is 10.6. The van der Waals surface area contributed by atoms with Crippen molar-refractivity contribution in [2.24, 2.45) is 5.92 Å². The van der Waals surface area contributed by atoms with Gasteiger partial charge in [-0.15, -0.1) is 0 Å². The lowest BCUT2D eigenvalue weighted by atomic mass is 9.89. The van der Waals surface area contributed by atoms with Gasteiger partial charge in [0.1, 0.15) is 11.5 Å². The van der Waals surface area contributed by atoms with Crippen LogP contribution < -0.4 is 9.47 Å². The number of carbonyl (C=O) groups excluding carboxylic acids is 2. The van der Waals surface area contributed by atoms with E-state index in [9.17, 15) is 9.59 Å². The lowest BCUT2D eigenvalue weighted by Crippen LogP contribution is -2.38. The second-order valence-corrected chi connectivity index (χ2v) is 7.26. The molecule has 1 saturated heterocycles. The Morgan fingerprint density at radius 3 is 2.64 bits per heavy atom. The van der Waals surface area contributed by atoms with Crippen molar-refractivity contribution < 1.29 is 19.1 Å². The number of carbonyl (C=O) groups is 2. The van der Waals surface area contributed by atoms with E-state index in [4.69, 9.17) is 9.47 Å². The van der Waals surface area contributed by atoms with Crippen molar-refractivity contribution in [2.45, 2.75) is 26.3 Å². The highest BCUT2D eigenvalue weighted by molar-refractivity contribution is 6.00. The van der Waals surface area contributed by atoms with E-state index in [0.717, 1.165) is 37.1 Å². The van der Waals surface area contributed by atoms with Gasteiger partial charge in [0.25, 0.3) is 0 Å². The molecule has 5 nitrogen and oxygen atoms in total. The van der Waals surface area contributed by atoms with Crippen molar-refractivity contribution in [3.8, 4) is 11.5 Å². The van der Waals surface area contributed by atoms with Crippen LogP contribution >= 0.6 is 0 Å². The van der Waals surface area contributed by atoms with E-state index in [2.05, 4.69) is 4.90 Å². The zero-order valence-electron chi connectivity index (χ0n) is 16.7. The molecule has 0 amide bonds. The Morgan fingerprint density at radius 1 is 1.11 bits per heavy atom. The molecule has 0 N–H and O–H groups in total. The highest BCUT2D eigenvalue weighted by Gasteiger charge is 2.28. The Hall–Kier alpha value is -2.66.